The fourth-order valence-electron chi connectivity index (χ4n) is 1.57. The van der Waals surface area contributed by atoms with E-state index in [2.05, 4.69) is 22.4 Å². The molecule has 0 aromatic carbocycles. The molecule has 1 fully saturated rings. The van der Waals surface area contributed by atoms with Crippen molar-refractivity contribution in [2.75, 3.05) is 32.5 Å². The molecule has 2 heterocycles. The van der Waals surface area contributed by atoms with E-state index < -0.39 is 0 Å². The summed E-state index contributed by atoms with van der Waals surface area (Å²) in [5.74, 6) is 0.833. The Bertz CT molecular complexity index is 303. The van der Waals surface area contributed by atoms with Gasteiger partial charge in [0.1, 0.15) is 11.0 Å². The van der Waals surface area contributed by atoms with Gasteiger partial charge in [-0.2, -0.15) is 5.10 Å². The second-order valence-electron chi connectivity index (χ2n) is 3.42. The quantitative estimate of drug-likeness (QED) is 0.775. The maximum absolute atomic E-state index is 6.02. The third-order valence-electron chi connectivity index (χ3n) is 2.34. The Labute approximate surface area is 82.5 Å². The standard InChI is InChI=1S/C8H13ClN4/c1-10-8-3-7(9)13(11-8)6-4-12(2)5-6/h3,6H,4-5H2,1-2H3,(H,10,11). The molecule has 72 valence electrons. The topological polar surface area (TPSA) is 33.1 Å². The zero-order valence-electron chi connectivity index (χ0n) is 7.79. The highest BCUT2D eigenvalue weighted by Gasteiger charge is 2.27. The summed E-state index contributed by atoms with van der Waals surface area (Å²) in [7, 11) is 3.93. The first kappa shape index (κ1) is 8.84. The molecule has 1 aliphatic rings. The number of hydrogen-bond acceptors (Lipinski definition) is 3. The second kappa shape index (κ2) is 3.20. The van der Waals surface area contributed by atoms with Crippen molar-refractivity contribution in [2.24, 2.45) is 0 Å². The van der Waals surface area contributed by atoms with Gasteiger partial charge >= 0.3 is 0 Å². The highest BCUT2D eigenvalue weighted by Crippen LogP contribution is 2.25. The number of aromatic nitrogens is 2. The molecule has 1 saturated heterocycles. The number of halogens is 1. The summed E-state index contributed by atoms with van der Waals surface area (Å²) < 4.78 is 1.88. The SMILES string of the molecule is CNc1cc(Cl)n(C2CN(C)C2)n1. The number of likely N-dealkylation sites (tertiary alicyclic amines) is 1. The first-order valence-corrected chi connectivity index (χ1v) is 4.70. The van der Waals surface area contributed by atoms with Gasteiger partial charge in [-0.3, -0.25) is 0 Å². The molecule has 0 saturated carbocycles. The van der Waals surface area contributed by atoms with Crippen LogP contribution in [0.3, 0.4) is 0 Å². The Hall–Kier alpha value is -0.740. The van der Waals surface area contributed by atoms with Crippen molar-refractivity contribution in [3.8, 4) is 0 Å². The molecule has 0 atom stereocenters. The van der Waals surface area contributed by atoms with Crippen LogP contribution in [-0.4, -0.2) is 41.9 Å². The van der Waals surface area contributed by atoms with Gasteiger partial charge in [0, 0.05) is 26.2 Å². The van der Waals surface area contributed by atoms with E-state index in [4.69, 9.17) is 11.6 Å². The van der Waals surface area contributed by atoms with Gasteiger partial charge in [0.15, 0.2) is 0 Å². The van der Waals surface area contributed by atoms with Crippen LogP contribution in [0.4, 0.5) is 5.82 Å². The van der Waals surface area contributed by atoms with Crippen LogP contribution in [0.1, 0.15) is 6.04 Å². The highest BCUT2D eigenvalue weighted by molar-refractivity contribution is 6.29. The summed E-state index contributed by atoms with van der Waals surface area (Å²) in [5, 5.41) is 8.01. The Balaban J connectivity index is 2.15. The molecular formula is C8H13ClN4. The van der Waals surface area contributed by atoms with Crippen LogP contribution in [0, 0.1) is 0 Å². The molecule has 0 spiro atoms. The highest BCUT2D eigenvalue weighted by atomic mass is 35.5. The van der Waals surface area contributed by atoms with E-state index >= 15 is 0 Å². The van der Waals surface area contributed by atoms with Crippen molar-refractivity contribution in [3.63, 3.8) is 0 Å². The number of anilines is 1. The monoisotopic (exact) mass is 200 g/mol. The minimum absolute atomic E-state index is 0.444. The number of hydrogen-bond donors (Lipinski definition) is 1. The van der Waals surface area contributed by atoms with E-state index in [-0.39, 0.29) is 0 Å². The van der Waals surface area contributed by atoms with Crippen LogP contribution in [0.25, 0.3) is 0 Å². The minimum atomic E-state index is 0.444. The molecule has 2 rings (SSSR count). The van der Waals surface area contributed by atoms with Crippen LogP contribution >= 0.6 is 11.6 Å². The molecule has 4 nitrogen and oxygen atoms in total. The summed E-state index contributed by atoms with van der Waals surface area (Å²) in [6.45, 7) is 2.06. The molecule has 1 aliphatic heterocycles. The molecule has 0 aliphatic carbocycles. The van der Waals surface area contributed by atoms with E-state index in [9.17, 15) is 0 Å². The summed E-state index contributed by atoms with van der Waals surface area (Å²) >= 11 is 6.02. The zero-order chi connectivity index (χ0) is 9.42. The summed E-state index contributed by atoms with van der Waals surface area (Å²) in [6, 6.07) is 2.29. The number of nitrogens with zero attached hydrogens (tertiary/aromatic N) is 3. The molecule has 1 aromatic heterocycles. The molecule has 0 amide bonds. The van der Waals surface area contributed by atoms with Gasteiger partial charge in [-0.25, -0.2) is 4.68 Å². The van der Waals surface area contributed by atoms with E-state index in [1.54, 1.807) is 0 Å². The molecule has 0 unspecified atom stereocenters. The second-order valence-corrected chi connectivity index (χ2v) is 3.81. The van der Waals surface area contributed by atoms with Gasteiger partial charge in [0.05, 0.1) is 6.04 Å². The van der Waals surface area contributed by atoms with Crippen molar-refractivity contribution >= 4 is 17.4 Å². The molecule has 0 radical (unpaired) electrons. The number of nitrogens with one attached hydrogen (secondary N) is 1. The maximum Gasteiger partial charge on any atom is 0.149 e. The Morgan fingerprint density at radius 2 is 2.31 bits per heavy atom. The number of rotatable bonds is 2. The zero-order valence-corrected chi connectivity index (χ0v) is 8.54. The Morgan fingerprint density at radius 1 is 1.62 bits per heavy atom. The van der Waals surface area contributed by atoms with E-state index in [0.29, 0.717) is 11.2 Å². The third-order valence-corrected chi connectivity index (χ3v) is 2.62. The van der Waals surface area contributed by atoms with Gasteiger partial charge in [0.2, 0.25) is 0 Å². The predicted octanol–water partition coefficient (Wildman–Crippen LogP) is 1.06. The van der Waals surface area contributed by atoms with E-state index in [1.165, 1.54) is 0 Å². The third kappa shape index (κ3) is 1.51. The predicted molar refractivity (Wildman–Crippen MR) is 53.3 cm³/mol. The van der Waals surface area contributed by atoms with Gasteiger partial charge in [-0.05, 0) is 7.05 Å². The molecule has 13 heavy (non-hydrogen) atoms. The van der Waals surface area contributed by atoms with Crippen molar-refractivity contribution < 1.29 is 0 Å². The fourth-order valence-corrected chi connectivity index (χ4v) is 1.85. The lowest BCUT2D eigenvalue weighted by Gasteiger charge is -2.36. The van der Waals surface area contributed by atoms with Crippen LogP contribution in [-0.2, 0) is 0 Å². The smallest absolute Gasteiger partial charge is 0.149 e. The van der Waals surface area contributed by atoms with Crippen LogP contribution in [0.5, 0.6) is 0 Å². The van der Waals surface area contributed by atoms with Crippen LogP contribution in [0.2, 0.25) is 5.15 Å². The van der Waals surface area contributed by atoms with Crippen molar-refractivity contribution in [1.82, 2.24) is 14.7 Å². The van der Waals surface area contributed by atoms with E-state index in [0.717, 1.165) is 18.9 Å². The summed E-state index contributed by atoms with van der Waals surface area (Å²) in [5.41, 5.74) is 0. The Kier molecular flexibility index (Phi) is 2.17. The van der Waals surface area contributed by atoms with Gasteiger partial charge < -0.3 is 10.2 Å². The minimum Gasteiger partial charge on any atom is -0.372 e. The normalized spacial score (nSPS) is 18.7. The lowest BCUT2D eigenvalue weighted by molar-refractivity contribution is 0.131. The Morgan fingerprint density at radius 3 is 2.77 bits per heavy atom. The van der Waals surface area contributed by atoms with Crippen LogP contribution in [0.15, 0.2) is 6.07 Å². The number of likely N-dealkylation sites (N-methyl/N-ethyl adjacent to an activating group) is 1. The molecular weight excluding hydrogens is 188 g/mol. The molecule has 5 heteroatoms. The maximum atomic E-state index is 6.02. The van der Waals surface area contributed by atoms with Gasteiger partial charge in [0.25, 0.3) is 0 Å². The average Bonchev–Trinajstić information content (AvgIpc) is 2.41. The van der Waals surface area contributed by atoms with Gasteiger partial charge in [-0.1, -0.05) is 11.6 Å². The molecule has 1 aromatic rings. The average molecular weight is 201 g/mol. The molecule has 0 bridgehead atoms. The first-order chi connectivity index (χ1) is 6.20. The van der Waals surface area contributed by atoms with Crippen LogP contribution < -0.4 is 5.32 Å². The lowest BCUT2D eigenvalue weighted by Crippen LogP contribution is -2.45. The summed E-state index contributed by atoms with van der Waals surface area (Å²) in [4.78, 5) is 2.24. The van der Waals surface area contributed by atoms with Crippen molar-refractivity contribution in [2.45, 2.75) is 6.04 Å². The first-order valence-electron chi connectivity index (χ1n) is 4.32. The summed E-state index contributed by atoms with van der Waals surface area (Å²) in [6.07, 6.45) is 0. The lowest BCUT2D eigenvalue weighted by atomic mass is 10.1. The largest absolute Gasteiger partial charge is 0.372 e. The van der Waals surface area contributed by atoms with Crippen molar-refractivity contribution in [3.05, 3.63) is 11.2 Å². The van der Waals surface area contributed by atoms with E-state index in [1.807, 2.05) is 17.8 Å². The molecule has 1 N–H and O–H groups in total. The van der Waals surface area contributed by atoms with Gasteiger partial charge in [-0.15, -0.1) is 0 Å². The van der Waals surface area contributed by atoms with Crippen molar-refractivity contribution in [1.29, 1.82) is 0 Å². The fraction of sp³-hybridized carbons (Fsp3) is 0.625.